The second-order valence-electron chi connectivity index (χ2n) is 4.15. The van der Waals surface area contributed by atoms with Crippen molar-refractivity contribution in [3.8, 4) is 5.88 Å². The fraction of sp³-hybridized carbons (Fsp3) is 0.385. The summed E-state index contributed by atoms with van der Waals surface area (Å²) >= 11 is 0. The standard InChI is InChI=1S/C11H15N.C2H2N2O2/c1-3-7-11(8-4-1)12-9-5-2-6-10-12;5-2-1-6-4-3-2/h1,3-4,7-8H,2,5-6,9-10H2;1,5H. The molecular formula is C13H17N3O2. The van der Waals surface area contributed by atoms with Gasteiger partial charge in [0.1, 0.15) is 0 Å². The van der Waals surface area contributed by atoms with Gasteiger partial charge in [-0.15, -0.1) is 0 Å². The van der Waals surface area contributed by atoms with Crippen molar-refractivity contribution in [1.29, 1.82) is 0 Å². The molecule has 5 nitrogen and oxygen atoms in total. The van der Waals surface area contributed by atoms with Crippen LogP contribution in [0.2, 0.25) is 0 Å². The molecule has 1 N–H and O–H groups in total. The molecule has 0 spiro atoms. The van der Waals surface area contributed by atoms with Crippen LogP contribution in [0, 0.1) is 0 Å². The number of para-hydroxylation sites is 1. The fourth-order valence-corrected chi connectivity index (χ4v) is 1.95. The van der Waals surface area contributed by atoms with Crippen LogP contribution in [0.1, 0.15) is 19.3 Å². The van der Waals surface area contributed by atoms with Crippen molar-refractivity contribution in [2.24, 2.45) is 0 Å². The van der Waals surface area contributed by atoms with Gasteiger partial charge in [-0.05, 0) is 31.4 Å². The van der Waals surface area contributed by atoms with Crippen molar-refractivity contribution in [3.05, 3.63) is 36.6 Å². The van der Waals surface area contributed by atoms with E-state index in [0.29, 0.717) is 0 Å². The molecule has 0 atom stereocenters. The largest absolute Gasteiger partial charge is 0.490 e. The second-order valence-corrected chi connectivity index (χ2v) is 4.15. The van der Waals surface area contributed by atoms with Crippen LogP contribution < -0.4 is 4.90 Å². The first kappa shape index (κ1) is 12.4. The van der Waals surface area contributed by atoms with E-state index in [0.717, 1.165) is 6.26 Å². The molecule has 1 aromatic carbocycles. The Morgan fingerprint density at radius 2 is 1.78 bits per heavy atom. The summed E-state index contributed by atoms with van der Waals surface area (Å²) in [5.74, 6) is -0.185. The molecule has 0 aliphatic carbocycles. The van der Waals surface area contributed by atoms with Gasteiger partial charge in [0, 0.05) is 24.0 Å². The molecule has 3 rings (SSSR count). The highest BCUT2D eigenvalue weighted by Gasteiger charge is 2.09. The number of hydrogen-bond donors (Lipinski definition) is 1. The Labute approximate surface area is 106 Å². The molecule has 2 heterocycles. The van der Waals surface area contributed by atoms with Crippen molar-refractivity contribution in [3.63, 3.8) is 0 Å². The number of aromatic hydroxyl groups is 1. The summed E-state index contributed by atoms with van der Waals surface area (Å²) in [7, 11) is 0. The Balaban J connectivity index is 0.000000169. The summed E-state index contributed by atoms with van der Waals surface area (Å²) in [5, 5.41) is 14.2. The van der Waals surface area contributed by atoms with E-state index >= 15 is 0 Å². The van der Waals surface area contributed by atoms with Gasteiger partial charge >= 0.3 is 0 Å². The lowest BCUT2D eigenvalue weighted by molar-refractivity contribution is 0.392. The van der Waals surface area contributed by atoms with Gasteiger partial charge in [-0.3, -0.25) is 0 Å². The van der Waals surface area contributed by atoms with E-state index in [9.17, 15) is 0 Å². The third-order valence-corrected chi connectivity index (χ3v) is 2.83. The molecule has 1 aliphatic heterocycles. The van der Waals surface area contributed by atoms with Gasteiger partial charge in [-0.1, -0.05) is 23.3 Å². The zero-order valence-corrected chi connectivity index (χ0v) is 10.2. The molecule has 0 saturated carbocycles. The number of aromatic nitrogens is 2. The minimum absolute atomic E-state index is 0.185. The van der Waals surface area contributed by atoms with E-state index in [1.165, 1.54) is 38.0 Å². The Bertz CT molecular complexity index is 425. The predicted octanol–water partition coefficient (Wildman–Crippen LogP) is 2.45. The number of anilines is 1. The van der Waals surface area contributed by atoms with Crippen LogP contribution in [0.5, 0.6) is 5.88 Å². The van der Waals surface area contributed by atoms with Crippen LogP contribution in [0.3, 0.4) is 0 Å². The minimum atomic E-state index is -0.185. The van der Waals surface area contributed by atoms with E-state index in [4.69, 9.17) is 5.11 Å². The quantitative estimate of drug-likeness (QED) is 0.838. The maximum absolute atomic E-state index is 8.20. The summed E-state index contributed by atoms with van der Waals surface area (Å²) in [5.41, 5.74) is 1.39. The average Bonchev–Trinajstić information content (AvgIpc) is 2.93. The average molecular weight is 247 g/mol. The van der Waals surface area contributed by atoms with Gasteiger partial charge in [0.15, 0.2) is 6.26 Å². The summed E-state index contributed by atoms with van der Waals surface area (Å²) < 4.78 is 4.10. The lowest BCUT2D eigenvalue weighted by Gasteiger charge is -2.28. The first-order valence-electron chi connectivity index (χ1n) is 6.12. The number of nitrogens with zero attached hydrogens (tertiary/aromatic N) is 3. The van der Waals surface area contributed by atoms with E-state index in [-0.39, 0.29) is 5.88 Å². The molecule has 5 heteroatoms. The Morgan fingerprint density at radius 1 is 1.06 bits per heavy atom. The summed E-state index contributed by atoms with van der Waals surface area (Å²) in [6, 6.07) is 10.7. The molecule has 2 aromatic rings. The number of piperidine rings is 1. The monoisotopic (exact) mass is 247 g/mol. The first-order valence-corrected chi connectivity index (χ1v) is 6.12. The summed E-state index contributed by atoms with van der Waals surface area (Å²) in [4.78, 5) is 2.48. The van der Waals surface area contributed by atoms with Crippen LogP contribution in [0.4, 0.5) is 5.69 Å². The molecule has 96 valence electrons. The normalized spacial score (nSPS) is 14.8. The van der Waals surface area contributed by atoms with Gasteiger partial charge in [0.05, 0.1) is 0 Å². The highest BCUT2D eigenvalue weighted by molar-refractivity contribution is 5.46. The van der Waals surface area contributed by atoms with Crippen molar-refractivity contribution in [2.45, 2.75) is 19.3 Å². The maximum Gasteiger partial charge on any atom is 0.273 e. The third kappa shape index (κ3) is 3.76. The highest BCUT2D eigenvalue weighted by atomic mass is 16.5. The highest BCUT2D eigenvalue weighted by Crippen LogP contribution is 2.18. The van der Waals surface area contributed by atoms with Gasteiger partial charge in [0.25, 0.3) is 5.88 Å². The molecular weight excluding hydrogens is 230 g/mol. The van der Waals surface area contributed by atoms with Crippen LogP contribution in [0.25, 0.3) is 0 Å². The molecule has 0 bridgehead atoms. The van der Waals surface area contributed by atoms with Crippen molar-refractivity contribution in [2.75, 3.05) is 18.0 Å². The van der Waals surface area contributed by atoms with Gasteiger partial charge in [-0.25, -0.2) is 0 Å². The molecule has 1 saturated heterocycles. The Morgan fingerprint density at radius 3 is 2.28 bits per heavy atom. The molecule has 1 aliphatic rings. The van der Waals surface area contributed by atoms with Gasteiger partial charge < -0.3 is 14.5 Å². The molecule has 18 heavy (non-hydrogen) atoms. The Hall–Kier alpha value is -2.04. The van der Waals surface area contributed by atoms with Crippen LogP contribution in [-0.2, 0) is 0 Å². The van der Waals surface area contributed by atoms with Crippen LogP contribution in [-0.4, -0.2) is 28.6 Å². The van der Waals surface area contributed by atoms with E-state index in [1.54, 1.807) is 0 Å². The minimum Gasteiger partial charge on any atom is -0.490 e. The maximum atomic E-state index is 8.20. The lowest BCUT2D eigenvalue weighted by Crippen LogP contribution is -2.29. The number of rotatable bonds is 1. The lowest BCUT2D eigenvalue weighted by atomic mass is 10.1. The van der Waals surface area contributed by atoms with Gasteiger partial charge in [0.2, 0.25) is 0 Å². The third-order valence-electron chi connectivity index (χ3n) is 2.83. The molecule has 1 fully saturated rings. The molecule has 0 amide bonds. The molecule has 0 unspecified atom stereocenters. The number of benzene rings is 1. The van der Waals surface area contributed by atoms with Gasteiger partial charge in [-0.2, -0.15) is 0 Å². The predicted molar refractivity (Wildman–Crippen MR) is 68.5 cm³/mol. The van der Waals surface area contributed by atoms with Crippen LogP contribution >= 0.6 is 0 Å². The summed E-state index contributed by atoms with van der Waals surface area (Å²) in [6.45, 7) is 2.48. The van der Waals surface area contributed by atoms with Crippen molar-refractivity contribution in [1.82, 2.24) is 10.4 Å². The summed E-state index contributed by atoms with van der Waals surface area (Å²) in [6.07, 6.45) is 5.16. The fourth-order valence-electron chi connectivity index (χ4n) is 1.95. The van der Waals surface area contributed by atoms with Crippen molar-refractivity contribution >= 4 is 5.69 Å². The molecule has 0 radical (unpaired) electrons. The SMILES string of the molecule is Oc1conn1.c1ccc(N2CCCCC2)cc1. The topological polar surface area (TPSA) is 62.4 Å². The number of hydrogen-bond acceptors (Lipinski definition) is 5. The van der Waals surface area contributed by atoms with E-state index < -0.39 is 0 Å². The smallest absolute Gasteiger partial charge is 0.273 e. The van der Waals surface area contributed by atoms with E-state index in [2.05, 4.69) is 50.1 Å². The zero-order chi connectivity index (χ0) is 12.6. The van der Waals surface area contributed by atoms with E-state index in [1.807, 2.05) is 0 Å². The first-order chi connectivity index (χ1) is 8.86. The van der Waals surface area contributed by atoms with Crippen LogP contribution in [0.15, 0.2) is 41.1 Å². The van der Waals surface area contributed by atoms with Crippen molar-refractivity contribution < 1.29 is 9.63 Å². The molecule has 1 aromatic heterocycles. The second kappa shape index (κ2) is 6.64. The zero-order valence-electron chi connectivity index (χ0n) is 10.2. The Kier molecular flexibility index (Phi) is 4.58.